The maximum atomic E-state index is 13.0. The first-order chi connectivity index (χ1) is 16.3. The van der Waals surface area contributed by atoms with E-state index in [1.54, 1.807) is 34.2 Å². The Kier molecular flexibility index (Phi) is 5.15. The smallest absolute Gasteiger partial charge is 0.251 e. The normalized spacial score (nSPS) is 17.1. The van der Waals surface area contributed by atoms with E-state index in [0.717, 1.165) is 0 Å². The first-order valence-corrected chi connectivity index (χ1v) is 11.0. The van der Waals surface area contributed by atoms with Crippen molar-refractivity contribution in [3.05, 3.63) is 52.9 Å². The summed E-state index contributed by atoms with van der Waals surface area (Å²) < 4.78 is 6.60. The highest BCUT2D eigenvalue weighted by Crippen LogP contribution is 2.45. The molecule has 0 bridgehead atoms. The number of benzene rings is 1. The van der Waals surface area contributed by atoms with Gasteiger partial charge in [0.05, 0.1) is 29.8 Å². The Morgan fingerprint density at radius 3 is 2.53 bits per heavy atom. The monoisotopic (exact) mass is 464 g/mol. The number of β-lactam (4-membered cyclic amide) rings is 1. The van der Waals surface area contributed by atoms with E-state index in [1.165, 1.54) is 29.9 Å². The third kappa shape index (κ3) is 3.51. The standard InChI is InChI=1S/C24H24N4O6/c1-34-16-11-18-17(25-12-16)3-5-21(31)27(18)13-22(32)26-8-6-24(7-9-26)14-28(23(24)33)15-2-4-19(29)20(30)10-15/h2-5,10-12,29-30H,6-9,13-14H2,1H3. The van der Waals surface area contributed by atoms with Crippen molar-refractivity contribution in [2.45, 2.75) is 19.4 Å². The van der Waals surface area contributed by atoms with E-state index in [2.05, 4.69) is 4.98 Å². The van der Waals surface area contributed by atoms with Gasteiger partial charge in [0.2, 0.25) is 11.8 Å². The highest BCUT2D eigenvalue weighted by molar-refractivity contribution is 6.04. The number of anilines is 1. The molecule has 2 fully saturated rings. The molecule has 0 unspecified atom stereocenters. The fraction of sp³-hybridized carbons (Fsp3) is 0.333. The third-order valence-corrected chi connectivity index (χ3v) is 6.85. The number of carbonyl (C=O) groups excluding carboxylic acids is 2. The molecule has 10 nitrogen and oxygen atoms in total. The highest BCUT2D eigenvalue weighted by Gasteiger charge is 2.54. The molecule has 1 spiro atoms. The molecule has 10 heteroatoms. The fourth-order valence-corrected chi connectivity index (χ4v) is 4.74. The molecule has 2 aliphatic heterocycles. The third-order valence-electron chi connectivity index (χ3n) is 6.85. The van der Waals surface area contributed by atoms with Gasteiger partial charge in [-0.2, -0.15) is 0 Å². The van der Waals surface area contributed by atoms with Crippen LogP contribution in [0.25, 0.3) is 11.0 Å². The second-order valence-corrected chi connectivity index (χ2v) is 8.76. The number of piperidine rings is 1. The molecule has 2 amide bonds. The lowest BCUT2D eigenvalue weighted by molar-refractivity contribution is -0.144. The molecule has 2 aromatic heterocycles. The SMILES string of the molecule is COc1cnc2ccc(=O)n(CC(=O)N3CCC4(CC3)CN(c3ccc(O)c(O)c3)C4=O)c2c1. The van der Waals surface area contributed by atoms with Gasteiger partial charge in [0.15, 0.2) is 11.5 Å². The van der Waals surface area contributed by atoms with E-state index in [9.17, 15) is 24.6 Å². The van der Waals surface area contributed by atoms with Crippen molar-refractivity contribution >= 4 is 28.5 Å². The molecule has 4 heterocycles. The summed E-state index contributed by atoms with van der Waals surface area (Å²) in [5.74, 6) is -0.261. The molecule has 0 atom stereocenters. The first-order valence-electron chi connectivity index (χ1n) is 11.0. The van der Waals surface area contributed by atoms with Crippen LogP contribution in [0.4, 0.5) is 5.69 Å². The number of carbonyl (C=O) groups is 2. The molecule has 2 aliphatic rings. The van der Waals surface area contributed by atoms with Crippen molar-refractivity contribution in [2.24, 2.45) is 5.41 Å². The van der Waals surface area contributed by atoms with Crippen molar-refractivity contribution < 1.29 is 24.5 Å². The van der Waals surface area contributed by atoms with Crippen LogP contribution in [0, 0.1) is 5.41 Å². The first kappa shape index (κ1) is 21.7. The maximum Gasteiger partial charge on any atom is 0.251 e. The van der Waals surface area contributed by atoms with Gasteiger partial charge in [0.1, 0.15) is 12.3 Å². The number of fused-ring (bicyclic) bond motifs is 1. The molecule has 2 saturated heterocycles. The summed E-state index contributed by atoms with van der Waals surface area (Å²) in [7, 11) is 1.51. The minimum Gasteiger partial charge on any atom is -0.504 e. The molecule has 3 aromatic rings. The van der Waals surface area contributed by atoms with Crippen LogP contribution in [-0.4, -0.2) is 63.2 Å². The molecular weight excluding hydrogens is 440 g/mol. The van der Waals surface area contributed by atoms with Crippen molar-refractivity contribution in [1.29, 1.82) is 0 Å². The van der Waals surface area contributed by atoms with E-state index in [4.69, 9.17) is 4.74 Å². The number of nitrogens with zero attached hydrogens (tertiary/aromatic N) is 4. The van der Waals surface area contributed by atoms with Crippen molar-refractivity contribution in [3.63, 3.8) is 0 Å². The zero-order valence-corrected chi connectivity index (χ0v) is 18.6. The van der Waals surface area contributed by atoms with Gasteiger partial charge in [-0.25, -0.2) is 0 Å². The van der Waals surface area contributed by atoms with E-state index >= 15 is 0 Å². The van der Waals surface area contributed by atoms with Crippen LogP contribution < -0.4 is 15.2 Å². The number of phenolic OH excluding ortho intramolecular Hbond substituents is 2. The molecule has 0 saturated carbocycles. The predicted octanol–water partition coefficient (Wildman–Crippen LogP) is 1.47. The van der Waals surface area contributed by atoms with E-state index in [0.29, 0.717) is 54.9 Å². The lowest BCUT2D eigenvalue weighted by Crippen LogP contribution is -2.65. The lowest BCUT2D eigenvalue weighted by atomic mass is 9.70. The summed E-state index contributed by atoms with van der Waals surface area (Å²) in [4.78, 5) is 46.1. The van der Waals surface area contributed by atoms with Crippen LogP contribution in [0.5, 0.6) is 17.2 Å². The summed E-state index contributed by atoms with van der Waals surface area (Å²) in [5.41, 5.74) is 0.815. The number of aromatic hydroxyl groups is 2. The Morgan fingerprint density at radius 2 is 1.85 bits per heavy atom. The van der Waals surface area contributed by atoms with Crippen molar-refractivity contribution in [3.8, 4) is 17.2 Å². The minimum absolute atomic E-state index is 0.0480. The second-order valence-electron chi connectivity index (χ2n) is 8.76. The lowest BCUT2D eigenvalue weighted by Gasteiger charge is -2.52. The largest absolute Gasteiger partial charge is 0.504 e. The van der Waals surface area contributed by atoms with E-state index in [-0.39, 0.29) is 35.4 Å². The number of methoxy groups -OCH3 is 1. The van der Waals surface area contributed by atoms with Gasteiger partial charge in [-0.1, -0.05) is 0 Å². The molecular formula is C24H24N4O6. The van der Waals surface area contributed by atoms with Crippen LogP contribution in [0.2, 0.25) is 0 Å². The number of ether oxygens (including phenoxy) is 1. The molecule has 0 radical (unpaired) electrons. The number of phenols is 2. The van der Waals surface area contributed by atoms with Gasteiger partial charge in [0.25, 0.3) is 5.56 Å². The van der Waals surface area contributed by atoms with Gasteiger partial charge in [0, 0.05) is 43.5 Å². The highest BCUT2D eigenvalue weighted by atomic mass is 16.5. The quantitative estimate of drug-likeness (QED) is 0.442. The Labute approximate surface area is 194 Å². The number of hydrogen-bond acceptors (Lipinski definition) is 7. The number of rotatable bonds is 4. The molecule has 5 rings (SSSR count). The van der Waals surface area contributed by atoms with Crippen molar-refractivity contribution in [2.75, 3.05) is 31.6 Å². The van der Waals surface area contributed by atoms with Crippen LogP contribution in [-0.2, 0) is 16.1 Å². The van der Waals surface area contributed by atoms with Crippen LogP contribution in [0.3, 0.4) is 0 Å². The minimum atomic E-state index is -0.530. The maximum absolute atomic E-state index is 13.0. The Morgan fingerprint density at radius 1 is 1.09 bits per heavy atom. The number of amides is 2. The fourth-order valence-electron chi connectivity index (χ4n) is 4.74. The Hall–Kier alpha value is -4.08. The summed E-state index contributed by atoms with van der Waals surface area (Å²) in [5, 5.41) is 19.2. The molecule has 1 aromatic carbocycles. The average molecular weight is 464 g/mol. The molecule has 176 valence electrons. The topological polar surface area (TPSA) is 125 Å². The van der Waals surface area contributed by atoms with E-state index in [1.807, 2.05) is 0 Å². The number of hydrogen-bond donors (Lipinski definition) is 2. The number of aromatic nitrogens is 2. The van der Waals surface area contributed by atoms with Gasteiger partial charge in [-0.3, -0.25) is 23.9 Å². The Bertz CT molecular complexity index is 1360. The van der Waals surface area contributed by atoms with Gasteiger partial charge in [-0.15, -0.1) is 0 Å². The second kappa shape index (κ2) is 8.05. The summed E-state index contributed by atoms with van der Waals surface area (Å²) in [6.45, 7) is 1.21. The summed E-state index contributed by atoms with van der Waals surface area (Å²) in [6.07, 6.45) is 2.61. The number of pyridine rings is 2. The van der Waals surface area contributed by atoms with Gasteiger partial charge >= 0.3 is 0 Å². The van der Waals surface area contributed by atoms with Gasteiger partial charge < -0.3 is 24.7 Å². The zero-order chi connectivity index (χ0) is 24.0. The number of likely N-dealkylation sites (tertiary alicyclic amines) is 1. The Balaban J connectivity index is 1.27. The van der Waals surface area contributed by atoms with Crippen molar-refractivity contribution in [1.82, 2.24) is 14.5 Å². The van der Waals surface area contributed by atoms with Crippen LogP contribution >= 0.6 is 0 Å². The predicted molar refractivity (Wildman–Crippen MR) is 123 cm³/mol. The van der Waals surface area contributed by atoms with Gasteiger partial charge in [-0.05, 0) is 31.0 Å². The van der Waals surface area contributed by atoms with Crippen LogP contribution in [0.15, 0.2) is 47.4 Å². The molecule has 0 aliphatic carbocycles. The van der Waals surface area contributed by atoms with Crippen LogP contribution in [0.1, 0.15) is 12.8 Å². The molecule has 34 heavy (non-hydrogen) atoms. The average Bonchev–Trinajstić information content (AvgIpc) is 2.85. The molecule has 2 N–H and O–H groups in total. The van der Waals surface area contributed by atoms with E-state index < -0.39 is 5.41 Å². The summed E-state index contributed by atoms with van der Waals surface area (Å²) >= 11 is 0. The zero-order valence-electron chi connectivity index (χ0n) is 18.6. The summed E-state index contributed by atoms with van der Waals surface area (Å²) in [6, 6.07) is 9.00.